The number of aliphatic hydroxyl groups excluding tert-OH is 2. The summed E-state index contributed by atoms with van der Waals surface area (Å²) in [4.78, 5) is 8.56. The number of hydrogen-bond donors (Lipinski definition) is 2. The Hall–Kier alpha value is -1.72. The minimum Gasteiger partial charge on any atom is -0.474 e. The molecule has 0 aliphatic heterocycles. The van der Waals surface area contributed by atoms with Crippen LogP contribution in [0, 0.1) is 13.8 Å². The summed E-state index contributed by atoms with van der Waals surface area (Å²) in [7, 11) is 0. The molecule has 2 rings (SSSR count). The molecule has 2 aromatic rings. The summed E-state index contributed by atoms with van der Waals surface area (Å²) in [6, 6.07) is 3.93. The number of hydrogen-bond acceptors (Lipinski definition) is 5. The second-order valence-electron chi connectivity index (χ2n) is 4.28. The molecule has 1 aromatic carbocycles. The molecule has 0 saturated carbocycles. The number of benzene rings is 1. The first kappa shape index (κ1) is 12.7. The summed E-state index contributed by atoms with van der Waals surface area (Å²) < 4.78 is 5.25. The summed E-state index contributed by atoms with van der Waals surface area (Å²) in [6.45, 7) is 3.71. The Labute approximate surface area is 105 Å². The topological polar surface area (TPSA) is 75.5 Å². The maximum Gasteiger partial charge on any atom is 0.232 e. The highest BCUT2D eigenvalue weighted by atomic mass is 16.5. The summed E-state index contributed by atoms with van der Waals surface area (Å²) >= 11 is 0. The molecule has 0 bridgehead atoms. The van der Waals surface area contributed by atoms with E-state index in [0.717, 1.165) is 16.6 Å². The van der Waals surface area contributed by atoms with E-state index in [2.05, 4.69) is 9.97 Å². The Morgan fingerprint density at radius 3 is 2.56 bits per heavy atom. The molecule has 0 radical (unpaired) electrons. The van der Waals surface area contributed by atoms with E-state index in [9.17, 15) is 5.11 Å². The smallest absolute Gasteiger partial charge is 0.232 e. The molecular weight excluding hydrogens is 232 g/mol. The molecule has 0 amide bonds. The lowest BCUT2D eigenvalue weighted by molar-refractivity contribution is 0.0521. The van der Waals surface area contributed by atoms with Crippen LogP contribution in [0.25, 0.3) is 11.0 Å². The molecule has 0 spiro atoms. The molecule has 96 valence electrons. The van der Waals surface area contributed by atoms with E-state index in [1.165, 1.54) is 11.8 Å². The van der Waals surface area contributed by atoms with Crippen LogP contribution in [0.4, 0.5) is 0 Å². The zero-order valence-electron chi connectivity index (χ0n) is 10.4. The largest absolute Gasteiger partial charge is 0.474 e. The van der Waals surface area contributed by atoms with Crippen molar-refractivity contribution in [1.82, 2.24) is 9.97 Å². The number of aryl methyl sites for hydroxylation is 2. The van der Waals surface area contributed by atoms with Gasteiger partial charge in [-0.1, -0.05) is 0 Å². The predicted molar refractivity (Wildman–Crippen MR) is 67.6 cm³/mol. The Bertz CT molecular complexity index is 557. The highest BCUT2D eigenvalue weighted by Crippen LogP contribution is 2.18. The number of fused-ring (bicyclic) bond motifs is 1. The lowest BCUT2D eigenvalue weighted by atomic mass is 10.1. The fraction of sp³-hybridized carbons (Fsp3) is 0.385. The van der Waals surface area contributed by atoms with Crippen molar-refractivity contribution in [2.45, 2.75) is 20.0 Å². The molecular formula is C13H16N2O3. The molecule has 0 aliphatic rings. The molecule has 0 aliphatic carbocycles. The standard InChI is InChI=1S/C13H16N2O3/c1-8-3-11-12(4-9(8)2)15-13(5-14-11)18-7-10(17)6-16/h3-5,10,16-17H,6-7H2,1-2H3. The van der Waals surface area contributed by atoms with Gasteiger partial charge in [0.25, 0.3) is 0 Å². The van der Waals surface area contributed by atoms with Gasteiger partial charge >= 0.3 is 0 Å². The van der Waals surface area contributed by atoms with Gasteiger partial charge in [-0.05, 0) is 37.1 Å². The predicted octanol–water partition coefficient (Wildman–Crippen LogP) is 0.979. The van der Waals surface area contributed by atoms with E-state index < -0.39 is 6.10 Å². The van der Waals surface area contributed by atoms with E-state index in [0.29, 0.717) is 5.88 Å². The highest BCUT2D eigenvalue weighted by molar-refractivity contribution is 5.76. The van der Waals surface area contributed by atoms with Gasteiger partial charge in [0.1, 0.15) is 12.7 Å². The number of ether oxygens (including phenoxy) is 1. The van der Waals surface area contributed by atoms with Gasteiger partial charge in [-0.15, -0.1) is 0 Å². The van der Waals surface area contributed by atoms with Crippen LogP contribution in [0.1, 0.15) is 11.1 Å². The minimum atomic E-state index is -0.901. The van der Waals surface area contributed by atoms with Crippen LogP contribution < -0.4 is 4.74 Å². The first-order chi connectivity index (χ1) is 8.60. The lowest BCUT2D eigenvalue weighted by Crippen LogP contribution is -2.21. The molecule has 18 heavy (non-hydrogen) atoms. The first-order valence-corrected chi connectivity index (χ1v) is 5.76. The third kappa shape index (κ3) is 2.75. The quantitative estimate of drug-likeness (QED) is 0.843. The number of aromatic nitrogens is 2. The fourth-order valence-corrected chi connectivity index (χ4v) is 1.55. The van der Waals surface area contributed by atoms with Crippen molar-refractivity contribution in [3.63, 3.8) is 0 Å². The van der Waals surface area contributed by atoms with E-state index in [-0.39, 0.29) is 13.2 Å². The van der Waals surface area contributed by atoms with Gasteiger partial charge in [0, 0.05) is 0 Å². The Kier molecular flexibility index (Phi) is 3.74. The SMILES string of the molecule is Cc1cc2ncc(OCC(O)CO)nc2cc1C. The maximum atomic E-state index is 9.19. The molecule has 5 heteroatoms. The molecule has 1 heterocycles. The summed E-state index contributed by atoms with van der Waals surface area (Å²) in [5.41, 5.74) is 3.88. The van der Waals surface area contributed by atoms with Gasteiger partial charge in [0.15, 0.2) is 0 Å². The summed E-state index contributed by atoms with van der Waals surface area (Å²) in [5.74, 6) is 0.346. The number of rotatable bonds is 4. The van der Waals surface area contributed by atoms with Gasteiger partial charge in [0.05, 0.1) is 23.8 Å². The van der Waals surface area contributed by atoms with Crippen LogP contribution in [0.5, 0.6) is 5.88 Å². The highest BCUT2D eigenvalue weighted by Gasteiger charge is 2.06. The Morgan fingerprint density at radius 2 is 1.89 bits per heavy atom. The van der Waals surface area contributed by atoms with Crippen molar-refractivity contribution < 1.29 is 14.9 Å². The van der Waals surface area contributed by atoms with Crippen LogP contribution in [-0.4, -0.2) is 39.5 Å². The molecule has 0 fully saturated rings. The van der Waals surface area contributed by atoms with E-state index in [1.807, 2.05) is 26.0 Å². The molecule has 5 nitrogen and oxygen atoms in total. The third-order valence-electron chi connectivity index (χ3n) is 2.77. The second kappa shape index (κ2) is 5.29. The van der Waals surface area contributed by atoms with Crippen LogP contribution in [0.2, 0.25) is 0 Å². The fourth-order valence-electron chi connectivity index (χ4n) is 1.55. The van der Waals surface area contributed by atoms with Crippen LogP contribution in [0.3, 0.4) is 0 Å². The number of aliphatic hydroxyl groups is 2. The average molecular weight is 248 g/mol. The van der Waals surface area contributed by atoms with Crippen LogP contribution in [0.15, 0.2) is 18.3 Å². The van der Waals surface area contributed by atoms with E-state index >= 15 is 0 Å². The second-order valence-corrected chi connectivity index (χ2v) is 4.28. The van der Waals surface area contributed by atoms with E-state index in [1.54, 1.807) is 0 Å². The molecule has 1 aromatic heterocycles. The van der Waals surface area contributed by atoms with Gasteiger partial charge in [-0.2, -0.15) is 0 Å². The van der Waals surface area contributed by atoms with Crippen molar-refractivity contribution in [1.29, 1.82) is 0 Å². The first-order valence-electron chi connectivity index (χ1n) is 5.76. The van der Waals surface area contributed by atoms with Gasteiger partial charge < -0.3 is 14.9 Å². The summed E-state index contributed by atoms with van der Waals surface area (Å²) in [5, 5.41) is 17.9. The zero-order valence-corrected chi connectivity index (χ0v) is 10.4. The van der Waals surface area contributed by atoms with Gasteiger partial charge in [-0.25, -0.2) is 9.97 Å². The van der Waals surface area contributed by atoms with Gasteiger partial charge in [0.2, 0.25) is 5.88 Å². The van der Waals surface area contributed by atoms with Crippen molar-refractivity contribution in [3.05, 3.63) is 29.5 Å². The number of nitrogens with zero attached hydrogens (tertiary/aromatic N) is 2. The van der Waals surface area contributed by atoms with Crippen molar-refractivity contribution in [3.8, 4) is 5.88 Å². The monoisotopic (exact) mass is 248 g/mol. The van der Waals surface area contributed by atoms with Crippen LogP contribution >= 0.6 is 0 Å². The van der Waals surface area contributed by atoms with E-state index in [4.69, 9.17) is 9.84 Å². The molecule has 1 atom stereocenters. The van der Waals surface area contributed by atoms with Crippen molar-refractivity contribution in [2.75, 3.05) is 13.2 Å². The molecule has 2 N–H and O–H groups in total. The average Bonchev–Trinajstić information content (AvgIpc) is 2.37. The van der Waals surface area contributed by atoms with Crippen LogP contribution in [-0.2, 0) is 0 Å². The normalized spacial score (nSPS) is 12.7. The Balaban J connectivity index is 2.24. The Morgan fingerprint density at radius 1 is 1.22 bits per heavy atom. The lowest BCUT2D eigenvalue weighted by Gasteiger charge is -2.09. The maximum absolute atomic E-state index is 9.19. The van der Waals surface area contributed by atoms with Crippen molar-refractivity contribution in [2.24, 2.45) is 0 Å². The third-order valence-corrected chi connectivity index (χ3v) is 2.77. The minimum absolute atomic E-state index is 0.00152. The van der Waals surface area contributed by atoms with Crippen molar-refractivity contribution >= 4 is 11.0 Å². The zero-order chi connectivity index (χ0) is 13.1. The summed E-state index contributed by atoms with van der Waals surface area (Å²) in [6.07, 6.45) is 0.614. The van der Waals surface area contributed by atoms with Gasteiger partial charge in [-0.3, -0.25) is 0 Å². The molecule has 0 saturated heterocycles. The molecule has 1 unspecified atom stereocenters.